The third-order valence-corrected chi connectivity index (χ3v) is 4.01. The number of nitrogens with one attached hydrogen (secondary N) is 2. The Morgan fingerprint density at radius 3 is 3.14 bits per heavy atom. The number of imidazole rings is 1. The van der Waals surface area contributed by atoms with Gasteiger partial charge in [-0.2, -0.15) is 0 Å². The molecule has 1 aromatic carbocycles. The Labute approximate surface area is 124 Å². The molecule has 0 spiro atoms. The van der Waals surface area contributed by atoms with Crippen LogP contribution in [0.15, 0.2) is 43.0 Å². The molecule has 1 aliphatic rings. The number of hydrogen-bond acceptors (Lipinski definition) is 3. The van der Waals surface area contributed by atoms with E-state index in [0.717, 1.165) is 25.2 Å². The molecule has 2 aromatic rings. The van der Waals surface area contributed by atoms with Gasteiger partial charge in [0, 0.05) is 29.7 Å². The molecule has 5 nitrogen and oxygen atoms in total. The molecule has 110 valence electrons. The summed E-state index contributed by atoms with van der Waals surface area (Å²) in [5, 5.41) is 6.50. The van der Waals surface area contributed by atoms with Gasteiger partial charge < -0.3 is 15.2 Å². The van der Waals surface area contributed by atoms with Crippen LogP contribution in [0.4, 0.5) is 0 Å². The first-order valence-electron chi connectivity index (χ1n) is 7.34. The smallest absolute Gasteiger partial charge is 0.251 e. The van der Waals surface area contributed by atoms with E-state index in [1.165, 1.54) is 0 Å². The third kappa shape index (κ3) is 3.13. The number of amides is 1. The monoisotopic (exact) mass is 284 g/mol. The summed E-state index contributed by atoms with van der Waals surface area (Å²) in [6.45, 7) is 4.09. The summed E-state index contributed by atoms with van der Waals surface area (Å²) in [6.07, 6.45) is 6.30. The highest BCUT2D eigenvalue weighted by atomic mass is 16.1. The lowest BCUT2D eigenvalue weighted by Gasteiger charge is -2.30. The van der Waals surface area contributed by atoms with E-state index < -0.39 is 0 Å². The molecule has 21 heavy (non-hydrogen) atoms. The van der Waals surface area contributed by atoms with Crippen LogP contribution >= 0.6 is 0 Å². The summed E-state index contributed by atoms with van der Waals surface area (Å²) in [5.74, 6) is 0.454. The van der Waals surface area contributed by atoms with Crippen LogP contribution in [-0.2, 0) is 0 Å². The predicted molar refractivity (Wildman–Crippen MR) is 81.5 cm³/mol. The number of piperidine rings is 1. The van der Waals surface area contributed by atoms with Gasteiger partial charge in [0.2, 0.25) is 0 Å². The summed E-state index contributed by atoms with van der Waals surface area (Å²) in [5.41, 5.74) is 1.63. The molecule has 1 aromatic heterocycles. The third-order valence-electron chi connectivity index (χ3n) is 4.01. The van der Waals surface area contributed by atoms with Gasteiger partial charge >= 0.3 is 0 Å². The van der Waals surface area contributed by atoms with Crippen LogP contribution in [0.2, 0.25) is 0 Å². The van der Waals surface area contributed by atoms with Crippen molar-refractivity contribution in [2.75, 3.05) is 13.1 Å². The lowest BCUT2D eigenvalue weighted by Crippen LogP contribution is -2.48. The highest BCUT2D eigenvalue weighted by Gasteiger charge is 2.23. The number of aromatic nitrogens is 2. The highest BCUT2D eigenvalue weighted by molar-refractivity contribution is 5.94. The second-order valence-electron chi connectivity index (χ2n) is 5.57. The summed E-state index contributed by atoms with van der Waals surface area (Å²) < 4.78 is 1.89. The van der Waals surface area contributed by atoms with E-state index in [1.54, 1.807) is 12.5 Å². The number of carbonyl (C=O) groups is 1. The topological polar surface area (TPSA) is 58.9 Å². The van der Waals surface area contributed by atoms with Gasteiger partial charge in [-0.25, -0.2) is 4.98 Å². The van der Waals surface area contributed by atoms with E-state index in [-0.39, 0.29) is 11.9 Å². The second kappa shape index (κ2) is 6.10. The van der Waals surface area contributed by atoms with Crippen LogP contribution in [0.3, 0.4) is 0 Å². The maximum Gasteiger partial charge on any atom is 0.251 e. The maximum absolute atomic E-state index is 12.4. The van der Waals surface area contributed by atoms with Crippen LogP contribution in [0.5, 0.6) is 0 Å². The first-order chi connectivity index (χ1) is 10.2. The molecule has 0 radical (unpaired) electrons. The van der Waals surface area contributed by atoms with Crippen molar-refractivity contribution in [1.82, 2.24) is 20.2 Å². The van der Waals surface area contributed by atoms with Crippen LogP contribution in [-0.4, -0.2) is 34.6 Å². The molecule has 5 heteroatoms. The molecule has 1 fully saturated rings. The molecule has 1 aliphatic heterocycles. The molecule has 0 bridgehead atoms. The summed E-state index contributed by atoms with van der Waals surface area (Å²) in [4.78, 5) is 16.5. The summed E-state index contributed by atoms with van der Waals surface area (Å²) in [7, 11) is 0. The molecular formula is C16H20N4O. The molecule has 1 amide bonds. The first kappa shape index (κ1) is 13.8. The fraction of sp³-hybridized carbons (Fsp3) is 0.375. The van der Waals surface area contributed by atoms with Gasteiger partial charge in [0.1, 0.15) is 0 Å². The normalized spacial score (nSPS) is 22.0. The van der Waals surface area contributed by atoms with Crippen molar-refractivity contribution >= 4 is 5.91 Å². The van der Waals surface area contributed by atoms with Crippen LogP contribution in [0.1, 0.15) is 23.7 Å². The van der Waals surface area contributed by atoms with Crippen molar-refractivity contribution < 1.29 is 4.79 Å². The fourth-order valence-corrected chi connectivity index (χ4v) is 2.70. The molecule has 2 unspecified atom stereocenters. The molecule has 0 saturated carbocycles. The van der Waals surface area contributed by atoms with Gasteiger partial charge in [-0.1, -0.05) is 13.0 Å². The van der Waals surface area contributed by atoms with E-state index in [0.29, 0.717) is 11.5 Å². The zero-order valence-electron chi connectivity index (χ0n) is 12.1. The Balaban J connectivity index is 1.74. The van der Waals surface area contributed by atoms with Crippen molar-refractivity contribution in [1.29, 1.82) is 0 Å². The Hall–Kier alpha value is -2.14. The highest BCUT2D eigenvalue weighted by Crippen LogP contribution is 2.14. The average molecular weight is 284 g/mol. The summed E-state index contributed by atoms with van der Waals surface area (Å²) in [6, 6.07) is 7.85. The molecule has 1 saturated heterocycles. The van der Waals surface area contributed by atoms with Crippen molar-refractivity contribution in [3.63, 3.8) is 0 Å². The van der Waals surface area contributed by atoms with E-state index in [4.69, 9.17) is 0 Å². The van der Waals surface area contributed by atoms with E-state index in [1.807, 2.05) is 35.0 Å². The lowest BCUT2D eigenvalue weighted by molar-refractivity contribution is 0.0914. The SMILES string of the molecule is CC1CNCCC1NC(=O)c1cccc(-n2ccnc2)c1. The number of nitrogens with zero attached hydrogens (tertiary/aromatic N) is 2. The van der Waals surface area contributed by atoms with Crippen LogP contribution < -0.4 is 10.6 Å². The average Bonchev–Trinajstić information content (AvgIpc) is 3.04. The Morgan fingerprint density at radius 1 is 1.48 bits per heavy atom. The Morgan fingerprint density at radius 2 is 2.38 bits per heavy atom. The largest absolute Gasteiger partial charge is 0.349 e. The first-order valence-corrected chi connectivity index (χ1v) is 7.34. The van der Waals surface area contributed by atoms with Crippen LogP contribution in [0.25, 0.3) is 5.69 Å². The minimum absolute atomic E-state index is 0.00397. The van der Waals surface area contributed by atoms with Gasteiger partial charge in [-0.05, 0) is 43.6 Å². The molecular weight excluding hydrogens is 264 g/mol. The van der Waals surface area contributed by atoms with Gasteiger partial charge in [0.05, 0.1) is 6.33 Å². The van der Waals surface area contributed by atoms with Crippen molar-refractivity contribution in [3.05, 3.63) is 48.5 Å². The van der Waals surface area contributed by atoms with Crippen molar-refractivity contribution in [2.24, 2.45) is 5.92 Å². The predicted octanol–water partition coefficient (Wildman–Crippen LogP) is 1.60. The van der Waals surface area contributed by atoms with E-state index >= 15 is 0 Å². The van der Waals surface area contributed by atoms with Crippen molar-refractivity contribution in [2.45, 2.75) is 19.4 Å². The lowest BCUT2D eigenvalue weighted by atomic mass is 9.95. The number of benzene rings is 1. The van der Waals surface area contributed by atoms with Gasteiger partial charge in [0.15, 0.2) is 0 Å². The molecule has 0 aliphatic carbocycles. The van der Waals surface area contributed by atoms with E-state index in [2.05, 4.69) is 22.5 Å². The second-order valence-corrected chi connectivity index (χ2v) is 5.57. The maximum atomic E-state index is 12.4. The number of carbonyl (C=O) groups excluding carboxylic acids is 1. The summed E-state index contributed by atoms with van der Waals surface area (Å²) >= 11 is 0. The molecule has 3 rings (SSSR count). The Kier molecular flexibility index (Phi) is 4.01. The standard InChI is InChI=1S/C16H20N4O/c1-12-10-17-6-5-15(12)19-16(21)13-3-2-4-14(9-13)20-8-7-18-11-20/h2-4,7-9,11-12,15,17H,5-6,10H2,1H3,(H,19,21). The zero-order valence-corrected chi connectivity index (χ0v) is 12.1. The van der Waals surface area contributed by atoms with Gasteiger partial charge in [-0.15, -0.1) is 0 Å². The van der Waals surface area contributed by atoms with Crippen LogP contribution in [0, 0.1) is 5.92 Å². The fourth-order valence-electron chi connectivity index (χ4n) is 2.70. The van der Waals surface area contributed by atoms with Crippen molar-refractivity contribution in [3.8, 4) is 5.69 Å². The molecule has 2 N–H and O–H groups in total. The van der Waals surface area contributed by atoms with Gasteiger partial charge in [0.25, 0.3) is 5.91 Å². The van der Waals surface area contributed by atoms with Gasteiger partial charge in [-0.3, -0.25) is 4.79 Å². The zero-order chi connectivity index (χ0) is 14.7. The number of rotatable bonds is 3. The Bertz CT molecular complexity index is 608. The van der Waals surface area contributed by atoms with E-state index in [9.17, 15) is 4.79 Å². The number of hydrogen-bond donors (Lipinski definition) is 2. The minimum Gasteiger partial charge on any atom is -0.349 e. The molecule has 2 atom stereocenters. The molecule has 2 heterocycles. The quantitative estimate of drug-likeness (QED) is 0.900. The minimum atomic E-state index is -0.00397.